The van der Waals surface area contributed by atoms with Gasteiger partial charge in [0.15, 0.2) is 5.11 Å². The van der Waals surface area contributed by atoms with Gasteiger partial charge < -0.3 is 5.73 Å². The molecule has 0 aliphatic heterocycles. The van der Waals surface area contributed by atoms with Crippen molar-refractivity contribution < 1.29 is 18.0 Å². The van der Waals surface area contributed by atoms with Crippen LogP contribution in [-0.4, -0.2) is 22.8 Å². The third-order valence-electron chi connectivity index (χ3n) is 1.09. The predicted molar refractivity (Wildman–Crippen MR) is 48.7 cm³/mol. The maximum atomic E-state index is 11.7. The van der Waals surface area contributed by atoms with E-state index in [1.54, 1.807) is 0 Å². The van der Waals surface area contributed by atoms with Gasteiger partial charge in [0.1, 0.15) is 0 Å². The number of nitrogens with zero attached hydrogens (tertiary/aromatic N) is 1. The second kappa shape index (κ2) is 4.89. The third kappa shape index (κ3) is 5.46. The molecule has 0 rings (SSSR count). The van der Waals surface area contributed by atoms with Gasteiger partial charge in [-0.1, -0.05) is 0 Å². The molecule has 4 nitrogen and oxygen atoms in total. The minimum absolute atomic E-state index is 0.0416. The highest BCUT2D eigenvalue weighted by atomic mass is 32.1. The molecule has 0 aromatic rings. The highest BCUT2D eigenvalue weighted by molar-refractivity contribution is 7.80. The molecule has 8 heteroatoms. The standard InChI is InChI=1S/C6H8F3N3OS/c1-3(11-12-5(10)14)2-4(13)6(7,8)9/h2H2,1H3,(H3,10,12,14)/b11-3-. The van der Waals surface area contributed by atoms with Crippen molar-refractivity contribution in [2.75, 3.05) is 0 Å². The van der Waals surface area contributed by atoms with Crippen LogP contribution < -0.4 is 11.2 Å². The summed E-state index contributed by atoms with van der Waals surface area (Å²) >= 11 is 4.35. The second-order valence-corrected chi connectivity index (χ2v) is 2.86. The average molecular weight is 227 g/mol. The second-order valence-electron chi connectivity index (χ2n) is 2.42. The van der Waals surface area contributed by atoms with Crippen molar-refractivity contribution in [1.29, 1.82) is 0 Å². The molecule has 0 aromatic heterocycles. The van der Waals surface area contributed by atoms with Gasteiger partial charge in [0.25, 0.3) is 0 Å². The number of hydrogen-bond acceptors (Lipinski definition) is 3. The number of hydrazone groups is 1. The van der Waals surface area contributed by atoms with Crippen molar-refractivity contribution >= 4 is 28.8 Å². The van der Waals surface area contributed by atoms with Gasteiger partial charge in [0.2, 0.25) is 5.78 Å². The van der Waals surface area contributed by atoms with E-state index in [1.165, 1.54) is 6.92 Å². The molecular formula is C6H8F3N3OS. The van der Waals surface area contributed by atoms with Gasteiger partial charge in [-0.25, -0.2) is 0 Å². The van der Waals surface area contributed by atoms with E-state index in [0.717, 1.165) is 0 Å². The maximum Gasteiger partial charge on any atom is 0.450 e. The molecule has 0 radical (unpaired) electrons. The Hall–Kier alpha value is -1.18. The van der Waals surface area contributed by atoms with Crippen molar-refractivity contribution in [3.05, 3.63) is 0 Å². The lowest BCUT2D eigenvalue weighted by molar-refractivity contribution is -0.169. The molecule has 0 aliphatic carbocycles. The van der Waals surface area contributed by atoms with Crippen molar-refractivity contribution in [3.8, 4) is 0 Å². The number of nitrogens with one attached hydrogen (secondary N) is 1. The molecule has 0 aliphatic rings. The first-order valence-electron chi connectivity index (χ1n) is 3.42. The Morgan fingerprint density at radius 3 is 2.43 bits per heavy atom. The first kappa shape index (κ1) is 12.8. The zero-order valence-electron chi connectivity index (χ0n) is 7.18. The summed E-state index contributed by atoms with van der Waals surface area (Å²) in [5, 5.41) is 3.18. The van der Waals surface area contributed by atoms with Crippen LogP contribution in [0.1, 0.15) is 13.3 Å². The predicted octanol–water partition coefficient (Wildman–Crippen LogP) is 0.717. The molecule has 0 aromatic carbocycles. The maximum absolute atomic E-state index is 11.7. The summed E-state index contributed by atoms with van der Waals surface area (Å²) in [4.78, 5) is 10.4. The summed E-state index contributed by atoms with van der Waals surface area (Å²) in [6, 6.07) is 0. The summed E-state index contributed by atoms with van der Waals surface area (Å²) < 4.78 is 35.2. The number of Topliss-reactive ketones (excluding diaryl/α,β-unsaturated/α-hetero) is 1. The number of carbonyl (C=O) groups is 1. The lowest BCUT2D eigenvalue weighted by atomic mass is 10.2. The van der Waals surface area contributed by atoms with Crippen molar-refractivity contribution in [3.63, 3.8) is 0 Å². The van der Waals surface area contributed by atoms with Gasteiger partial charge in [-0.15, -0.1) is 0 Å². The first-order chi connectivity index (χ1) is 6.23. The molecule has 0 bridgehead atoms. The fourth-order valence-corrected chi connectivity index (χ4v) is 0.568. The lowest BCUT2D eigenvalue weighted by Crippen LogP contribution is -2.28. The SMILES string of the molecule is C/C(CC(=O)C(F)(F)F)=N/NC(N)=S. The Labute approximate surface area is 83.3 Å². The molecule has 0 saturated heterocycles. The number of alkyl halides is 3. The smallest absolute Gasteiger partial charge is 0.375 e. The Balaban J connectivity index is 4.19. The van der Waals surface area contributed by atoms with Crippen LogP contribution in [0.2, 0.25) is 0 Å². The van der Waals surface area contributed by atoms with Crippen LogP contribution in [0.15, 0.2) is 5.10 Å². The fraction of sp³-hybridized carbons (Fsp3) is 0.500. The van der Waals surface area contributed by atoms with Gasteiger partial charge in [0, 0.05) is 5.71 Å². The largest absolute Gasteiger partial charge is 0.450 e. The number of ketones is 1. The zero-order chi connectivity index (χ0) is 11.4. The molecule has 0 heterocycles. The van der Waals surface area contributed by atoms with E-state index < -0.39 is 18.4 Å². The summed E-state index contributed by atoms with van der Waals surface area (Å²) in [6.07, 6.45) is -5.64. The quantitative estimate of drug-likeness (QED) is 0.423. The number of nitrogens with two attached hydrogens (primary N) is 1. The monoisotopic (exact) mass is 227 g/mol. The first-order valence-corrected chi connectivity index (χ1v) is 3.83. The van der Waals surface area contributed by atoms with Crippen LogP contribution in [-0.2, 0) is 4.79 Å². The van der Waals surface area contributed by atoms with Crippen LogP contribution >= 0.6 is 12.2 Å². The minimum atomic E-state index is -4.83. The number of rotatable bonds is 3. The Morgan fingerprint density at radius 1 is 1.57 bits per heavy atom. The van der Waals surface area contributed by atoms with Gasteiger partial charge in [-0.2, -0.15) is 18.3 Å². The fourth-order valence-electron chi connectivity index (χ4n) is 0.523. The molecule has 14 heavy (non-hydrogen) atoms. The molecule has 0 amide bonds. The number of carbonyl (C=O) groups excluding carboxylic acids is 1. The summed E-state index contributed by atoms with van der Waals surface area (Å²) in [7, 11) is 0. The van der Waals surface area contributed by atoms with Crippen LogP contribution in [0.4, 0.5) is 13.2 Å². The number of halogens is 3. The van der Waals surface area contributed by atoms with Crippen LogP contribution in [0.5, 0.6) is 0 Å². The van der Waals surface area contributed by atoms with Gasteiger partial charge in [-0.05, 0) is 19.1 Å². The van der Waals surface area contributed by atoms with E-state index in [4.69, 9.17) is 5.73 Å². The van der Waals surface area contributed by atoms with E-state index in [-0.39, 0.29) is 10.8 Å². The normalized spacial score (nSPS) is 12.4. The highest BCUT2D eigenvalue weighted by Crippen LogP contribution is 2.17. The molecule has 80 valence electrons. The highest BCUT2D eigenvalue weighted by Gasteiger charge is 2.37. The summed E-state index contributed by atoms with van der Waals surface area (Å²) in [5.74, 6) is -1.86. The van der Waals surface area contributed by atoms with Gasteiger partial charge in [-0.3, -0.25) is 10.2 Å². The Morgan fingerprint density at radius 2 is 2.07 bits per heavy atom. The zero-order valence-corrected chi connectivity index (χ0v) is 8.00. The van der Waals surface area contributed by atoms with Crippen LogP contribution in [0.25, 0.3) is 0 Å². The molecule has 0 unspecified atom stereocenters. The molecule has 3 N–H and O–H groups in total. The summed E-state index contributed by atoms with van der Waals surface area (Å²) in [6.45, 7) is 1.26. The Kier molecular flexibility index (Phi) is 4.48. The van der Waals surface area contributed by atoms with E-state index in [9.17, 15) is 18.0 Å². The van der Waals surface area contributed by atoms with Gasteiger partial charge >= 0.3 is 6.18 Å². The molecule has 0 spiro atoms. The number of hydrogen-bond donors (Lipinski definition) is 2. The van der Waals surface area contributed by atoms with E-state index in [1.807, 2.05) is 0 Å². The Bertz CT molecular complexity index is 274. The lowest BCUT2D eigenvalue weighted by Gasteiger charge is -2.04. The molecule has 0 fully saturated rings. The topological polar surface area (TPSA) is 67.5 Å². The van der Waals surface area contributed by atoms with E-state index in [0.29, 0.717) is 0 Å². The molecule has 0 saturated carbocycles. The number of thiocarbonyl (C=S) groups is 1. The minimum Gasteiger partial charge on any atom is -0.375 e. The average Bonchev–Trinajstić information content (AvgIpc) is 1.99. The van der Waals surface area contributed by atoms with Crippen LogP contribution in [0.3, 0.4) is 0 Å². The third-order valence-corrected chi connectivity index (χ3v) is 1.18. The van der Waals surface area contributed by atoms with Crippen LogP contribution in [0, 0.1) is 0 Å². The summed E-state index contributed by atoms with van der Waals surface area (Å²) in [5.41, 5.74) is 7.00. The van der Waals surface area contributed by atoms with E-state index in [2.05, 4.69) is 22.7 Å². The molecule has 0 atom stereocenters. The van der Waals surface area contributed by atoms with Crippen molar-refractivity contribution in [2.45, 2.75) is 19.5 Å². The van der Waals surface area contributed by atoms with Crippen molar-refractivity contribution in [2.24, 2.45) is 10.8 Å². The van der Waals surface area contributed by atoms with Gasteiger partial charge in [0.05, 0.1) is 6.42 Å². The van der Waals surface area contributed by atoms with E-state index >= 15 is 0 Å². The molecular weight excluding hydrogens is 219 g/mol. The van der Waals surface area contributed by atoms with Crippen molar-refractivity contribution in [1.82, 2.24) is 5.43 Å².